The van der Waals surface area contributed by atoms with Gasteiger partial charge in [-0.3, -0.25) is 9.59 Å². The molecule has 0 atom stereocenters. The van der Waals surface area contributed by atoms with E-state index in [4.69, 9.17) is 9.15 Å². The number of carbonyl (C=O) groups excluding carboxylic acids is 2. The highest BCUT2D eigenvalue weighted by Gasteiger charge is 2.41. The van der Waals surface area contributed by atoms with Crippen molar-refractivity contribution in [2.45, 2.75) is 26.3 Å². The quantitative estimate of drug-likeness (QED) is 0.792. The van der Waals surface area contributed by atoms with E-state index < -0.39 is 18.0 Å². The smallest absolute Gasteiger partial charge is 0.453 e. The number of methoxy groups -OCH3 is 1. The molecule has 146 valence electrons. The van der Waals surface area contributed by atoms with E-state index in [-0.39, 0.29) is 25.5 Å². The molecule has 0 unspecified atom stereocenters. The molecule has 0 radical (unpaired) electrons. The number of rotatable bonds is 7. The summed E-state index contributed by atoms with van der Waals surface area (Å²) in [6, 6.07) is 9.34. The fraction of sp³-hybridized carbons (Fsp3) is 0.333. The molecule has 1 aromatic heterocycles. The maximum absolute atomic E-state index is 12.6. The highest BCUT2D eigenvalue weighted by Crippen LogP contribution is 2.21. The molecule has 2 amide bonds. The molecule has 6 nitrogen and oxygen atoms in total. The van der Waals surface area contributed by atoms with E-state index in [1.54, 1.807) is 24.3 Å². The molecule has 27 heavy (non-hydrogen) atoms. The van der Waals surface area contributed by atoms with Gasteiger partial charge in [0.15, 0.2) is 5.76 Å². The summed E-state index contributed by atoms with van der Waals surface area (Å²) in [5.41, 5.74) is 0.824. The van der Waals surface area contributed by atoms with E-state index in [0.717, 1.165) is 0 Å². The second-order valence-corrected chi connectivity index (χ2v) is 5.67. The summed E-state index contributed by atoms with van der Waals surface area (Å²) in [4.78, 5) is 24.3. The first-order valence-electron chi connectivity index (χ1n) is 8.08. The SMILES string of the molecule is CCN(Cc1cccc(NC(=O)c2ccc(COC)o2)c1)C(=O)C(F)(F)F. The second-order valence-electron chi connectivity index (χ2n) is 5.67. The Morgan fingerprint density at radius 3 is 2.59 bits per heavy atom. The Labute approximate surface area is 153 Å². The number of ether oxygens (including phenoxy) is 1. The molecular weight excluding hydrogens is 365 g/mol. The summed E-state index contributed by atoms with van der Waals surface area (Å²) < 4.78 is 48.1. The zero-order valence-electron chi connectivity index (χ0n) is 14.8. The van der Waals surface area contributed by atoms with Crippen molar-refractivity contribution in [3.8, 4) is 0 Å². The normalized spacial score (nSPS) is 11.3. The predicted molar refractivity (Wildman–Crippen MR) is 91.0 cm³/mol. The number of nitrogens with zero attached hydrogens (tertiary/aromatic N) is 1. The van der Waals surface area contributed by atoms with Crippen molar-refractivity contribution in [2.75, 3.05) is 19.0 Å². The van der Waals surface area contributed by atoms with Gasteiger partial charge >= 0.3 is 12.1 Å². The number of furan rings is 1. The third kappa shape index (κ3) is 5.58. The van der Waals surface area contributed by atoms with Crippen molar-refractivity contribution >= 4 is 17.5 Å². The van der Waals surface area contributed by atoms with Crippen LogP contribution >= 0.6 is 0 Å². The van der Waals surface area contributed by atoms with Crippen LogP contribution in [0.25, 0.3) is 0 Å². The first-order valence-corrected chi connectivity index (χ1v) is 8.08. The van der Waals surface area contributed by atoms with Gasteiger partial charge in [-0.2, -0.15) is 13.2 Å². The molecule has 0 fully saturated rings. The first kappa shape index (κ1) is 20.5. The highest BCUT2D eigenvalue weighted by molar-refractivity contribution is 6.02. The van der Waals surface area contributed by atoms with Crippen LogP contribution in [0.3, 0.4) is 0 Å². The van der Waals surface area contributed by atoms with Gasteiger partial charge in [0, 0.05) is 25.9 Å². The number of hydrogen-bond acceptors (Lipinski definition) is 4. The van der Waals surface area contributed by atoms with Crippen LogP contribution in [0.2, 0.25) is 0 Å². The third-order valence-corrected chi connectivity index (χ3v) is 3.64. The van der Waals surface area contributed by atoms with Gasteiger partial charge in [0.05, 0.1) is 0 Å². The van der Waals surface area contributed by atoms with Gasteiger partial charge in [-0.05, 0) is 36.8 Å². The van der Waals surface area contributed by atoms with Crippen LogP contribution in [0.4, 0.5) is 18.9 Å². The molecule has 0 spiro atoms. The Balaban J connectivity index is 2.07. The second kappa shape index (κ2) is 8.72. The maximum atomic E-state index is 12.6. The molecule has 1 aromatic carbocycles. The van der Waals surface area contributed by atoms with Crippen molar-refractivity contribution in [3.05, 3.63) is 53.5 Å². The molecule has 0 aliphatic carbocycles. The number of benzene rings is 1. The Morgan fingerprint density at radius 1 is 1.22 bits per heavy atom. The van der Waals surface area contributed by atoms with Crippen molar-refractivity contribution in [3.63, 3.8) is 0 Å². The van der Waals surface area contributed by atoms with Crippen LogP contribution < -0.4 is 5.32 Å². The van der Waals surface area contributed by atoms with Crippen molar-refractivity contribution in [1.29, 1.82) is 0 Å². The van der Waals surface area contributed by atoms with E-state index in [1.807, 2.05) is 0 Å². The van der Waals surface area contributed by atoms with Gasteiger partial charge in [0.25, 0.3) is 5.91 Å². The molecule has 2 aromatic rings. The number of halogens is 3. The molecule has 0 saturated carbocycles. The van der Waals surface area contributed by atoms with Crippen LogP contribution in [0, 0.1) is 0 Å². The molecule has 1 N–H and O–H groups in total. The summed E-state index contributed by atoms with van der Waals surface area (Å²) in [5, 5.41) is 2.61. The van der Waals surface area contributed by atoms with Gasteiger partial charge < -0.3 is 19.4 Å². The average Bonchev–Trinajstić information content (AvgIpc) is 3.08. The Bertz CT molecular complexity index is 802. The average molecular weight is 384 g/mol. The number of carbonyl (C=O) groups is 2. The number of hydrogen-bond donors (Lipinski definition) is 1. The lowest BCUT2D eigenvalue weighted by Crippen LogP contribution is -2.40. The molecule has 0 saturated heterocycles. The van der Waals surface area contributed by atoms with Crippen LogP contribution in [-0.2, 0) is 22.7 Å². The third-order valence-electron chi connectivity index (χ3n) is 3.64. The van der Waals surface area contributed by atoms with Gasteiger partial charge in [0.2, 0.25) is 0 Å². The van der Waals surface area contributed by atoms with E-state index in [2.05, 4.69) is 5.32 Å². The van der Waals surface area contributed by atoms with Crippen molar-refractivity contribution in [2.24, 2.45) is 0 Å². The lowest BCUT2D eigenvalue weighted by Gasteiger charge is -2.22. The van der Waals surface area contributed by atoms with Gasteiger partial charge in [0.1, 0.15) is 12.4 Å². The van der Waals surface area contributed by atoms with Crippen molar-refractivity contribution < 1.29 is 31.9 Å². The zero-order valence-corrected chi connectivity index (χ0v) is 14.8. The fourth-order valence-corrected chi connectivity index (χ4v) is 2.39. The van der Waals surface area contributed by atoms with Gasteiger partial charge in [-0.25, -0.2) is 0 Å². The minimum atomic E-state index is -4.93. The minimum Gasteiger partial charge on any atom is -0.453 e. The molecule has 0 aliphatic heterocycles. The molecular formula is C18H19F3N2O4. The lowest BCUT2D eigenvalue weighted by atomic mass is 10.2. The summed E-state index contributed by atoms with van der Waals surface area (Å²) in [7, 11) is 1.50. The Kier molecular flexibility index (Phi) is 6.62. The minimum absolute atomic E-state index is 0.0786. The summed E-state index contributed by atoms with van der Waals surface area (Å²) in [6.07, 6.45) is -4.93. The highest BCUT2D eigenvalue weighted by atomic mass is 19.4. The first-order chi connectivity index (χ1) is 12.7. The van der Waals surface area contributed by atoms with Crippen LogP contribution in [0.15, 0.2) is 40.8 Å². The maximum Gasteiger partial charge on any atom is 0.471 e. The topological polar surface area (TPSA) is 71.8 Å². The number of nitrogens with one attached hydrogen (secondary N) is 1. The van der Waals surface area contributed by atoms with E-state index >= 15 is 0 Å². The van der Waals surface area contributed by atoms with Gasteiger partial charge in [-0.15, -0.1) is 0 Å². The van der Waals surface area contributed by atoms with E-state index in [0.29, 0.717) is 21.9 Å². The molecule has 1 heterocycles. The van der Waals surface area contributed by atoms with Crippen LogP contribution in [0.5, 0.6) is 0 Å². The molecule has 2 rings (SSSR count). The van der Waals surface area contributed by atoms with Crippen LogP contribution in [-0.4, -0.2) is 36.5 Å². The monoisotopic (exact) mass is 384 g/mol. The molecule has 9 heteroatoms. The predicted octanol–water partition coefficient (Wildman–Crippen LogP) is 3.59. The van der Waals surface area contributed by atoms with Crippen LogP contribution in [0.1, 0.15) is 28.8 Å². The summed E-state index contributed by atoms with van der Waals surface area (Å²) in [6.45, 7) is 1.37. The lowest BCUT2D eigenvalue weighted by molar-refractivity contribution is -0.185. The zero-order chi connectivity index (χ0) is 20.0. The summed E-state index contributed by atoms with van der Waals surface area (Å²) >= 11 is 0. The van der Waals surface area contributed by atoms with E-state index in [9.17, 15) is 22.8 Å². The molecule has 0 bridgehead atoms. The number of anilines is 1. The van der Waals surface area contributed by atoms with Gasteiger partial charge in [-0.1, -0.05) is 12.1 Å². The molecule has 0 aliphatic rings. The van der Waals surface area contributed by atoms with E-state index in [1.165, 1.54) is 26.2 Å². The Morgan fingerprint density at radius 2 is 1.96 bits per heavy atom. The standard InChI is InChI=1S/C18H19F3N2O4/c1-3-23(17(25)18(19,20)21)10-12-5-4-6-13(9-12)22-16(24)15-8-7-14(27-15)11-26-2/h4-9H,3,10-11H2,1-2H3,(H,22,24). The fourth-order valence-electron chi connectivity index (χ4n) is 2.39. The van der Waals surface area contributed by atoms with Crippen molar-refractivity contribution in [1.82, 2.24) is 4.90 Å². The number of alkyl halides is 3. The summed E-state index contributed by atoms with van der Waals surface area (Å²) in [5.74, 6) is -1.84. The number of amides is 2. The Hall–Kier alpha value is -2.81. The largest absolute Gasteiger partial charge is 0.471 e.